The summed E-state index contributed by atoms with van der Waals surface area (Å²) in [5, 5.41) is 17.4. The number of hydrogen-bond acceptors (Lipinski definition) is 4. The summed E-state index contributed by atoms with van der Waals surface area (Å²) in [4.78, 5) is 24.5. The van der Waals surface area contributed by atoms with Gasteiger partial charge in [-0.1, -0.05) is 11.6 Å². The Balaban J connectivity index is 2.09. The highest BCUT2D eigenvalue weighted by molar-refractivity contribution is 6.34. The van der Waals surface area contributed by atoms with E-state index in [-0.39, 0.29) is 27.4 Å². The largest absolute Gasteiger partial charge is 0.321 e. The van der Waals surface area contributed by atoms with Crippen molar-refractivity contribution >= 4 is 29.0 Å². The zero-order valence-electron chi connectivity index (χ0n) is 14.3. The van der Waals surface area contributed by atoms with E-state index in [0.717, 1.165) is 13.0 Å². The number of carbonyl (C=O) groups is 2. The fourth-order valence-electron chi connectivity index (χ4n) is 2.67. The molecule has 0 spiro atoms. The number of hydrogen-bond donors (Lipinski definition) is 2. The second kappa shape index (κ2) is 7.58. The van der Waals surface area contributed by atoms with Gasteiger partial charge in [0.25, 0.3) is 5.91 Å². The van der Waals surface area contributed by atoms with Crippen LogP contribution in [0, 0.1) is 23.0 Å². The van der Waals surface area contributed by atoms with Crippen LogP contribution in [0.15, 0.2) is 36.7 Å². The molecule has 1 heterocycles. The van der Waals surface area contributed by atoms with E-state index in [1.807, 2.05) is 6.07 Å². The molecule has 9 heteroatoms. The third kappa shape index (κ3) is 3.48. The van der Waals surface area contributed by atoms with Gasteiger partial charge in [-0.2, -0.15) is 10.4 Å². The number of nitrogens with zero attached hydrogens (tertiary/aromatic N) is 2. The fraction of sp³-hybridized carbons (Fsp3) is 0.0526. The number of rotatable bonds is 4. The van der Waals surface area contributed by atoms with Crippen molar-refractivity contribution < 1.29 is 18.4 Å². The number of halogens is 3. The van der Waals surface area contributed by atoms with Gasteiger partial charge in [0.15, 0.2) is 5.78 Å². The van der Waals surface area contributed by atoms with E-state index in [4.69, 9.17) is 16.9 Å². The Morgan fingerprint density at radius 1 is 1.29 bits per heavy atom. The van der Waals surface area contributed by atoms with Crippen molar-refractivity contribution in [1.29, 1.82) is 5.26 Å². The van der Waals surface area contributed by atoms with E-state index in [9.17, 15) is 18.4 Å². The van der Waals surface area contributed by atoms with Crippen molar-refractivity contribution in [3.05, 3.63) is 70.0 Å². The minimum absolute atomic E-state index is 0.0387. The summed E-state index contributed by atoms with van der Waals surface area (Å²) < 4.78 is 29.5. The minimum atomic E-state index is -1.12. The van der Waals surface area contributed by atoms with Gasteiger partial charge in [-0.25, -0.2) is 8.78 Å². The van der Waals surface area contributed by atoms with Gasteiger partial charge < -0.3 is 5.32 Å². The first-order valence-electron chi connectivity index (χ1n) is 7.86. The highest BCUT2D eigenvalue weighted by atomic mass is 35.5. The molecule has 3 aromatic rings. The smallest absolute Gasteiger partial charge is 0.257 e. The maximum absolute atomic E-state index is 14.9. The van der Waals surface area contributed by atoms with Gasteiger partial charge in [0, 0.05) is 11.8 Å². The second-order valence-corrected chi connectivity index (χ2v) is 6.18. The maximum Gasteiger partial charge on any atom is 0.257 e. The quantitative estimate of drug-likeness (QED) is 0.636. The summed E-state index contributed by atoms with van der Waals surface area (Å²) in [5.41, 5.74) is -1.07. The highest BCUT2D eigenvalue weighted by Crippen LogP contribution is 2.33. The third-order valence-electron chi connectivity index (χ3n) is 3.95. The van der Waals surface area contributed by atoms with Gasteiger partial charge in [-0.05, 0) is 31.2 Å². The molecule has 2 N–H and O–H groups in total. The molecule has 0 unspecified atom stereocenters. The van der Waals surface area contributed by atoms with Gasteiger partial charge in [0.05, 0.1) is 45.2 Å². The van der Waals surface area contributed by atoms with Crippen molar-refractivity contribution in [1.82, 2.24) is 10.2 Å². The van der Waals surface area contributed by atoms with Crippen LogP contribution in [0.2, 0.25) is 5.02 Å². The van der Waals surface area contributed by atoms with Crippen LogP contribution in [-0.4, -0.2) is 21.9 Å². The standard InChI is InChI=1S/C19H11ClF2N4O2/c1-9(27)16-15(5-14(21)17(18(16)22)11-7-24-25-8-11)26-19(28)12-4-10(6-23)2-3-13(12)20/h2-5,7-8H,1H3,(H,24,25)(H,26,28). The van der Waals surface area contributed by atoms with Crippen molar-refractivity contribution in [2.45, 2.75) is 6.92 Å². The molecule has 1 amide bonds. The van der Waals surface area contributed by atoms with E-state index in [2.05, 4.69) is 15.5 Å². The molecule has 6 nitrogen and oxygen atoms in total. The van der Waals surface area contributed by atoms with E-state index in [1.54, 1.807) is 0 Å². The average molecular weight is 401 g/mol. The number of Topliss-reactive ketones (excluding diaryl/α,β-unsaturated/α-hetero) is 1. The van der Waals surface area contributed by atoms with Crippen molar-refractivity contribution in [2.75, 3.05) is 5.32 Å². The third-order valence-corrected chi connectivity index (χ3v) is 4.28. The number of amides is 1. The van der Waals surface area contributed by atoms with Crippen LogP contribution in [0.1, 0.15) is 33.2 Å². The number of nitrogens with one attached hydrogen (secondary N) is 2. The molecule has 1 aromatic heterocycles. The van der Waals surface area contributed by atoms with Gasteiger partial charge in [0.1, 0.15) is 11.6 Å². The number of aromatic amines is 1. The molecule has 0 aliphatic carbocycles. The summed E-state index contributed by atoms with van der Waals surface area (Å²) in [6.45, 7) is 1.09. The molecule has 0 fully saturated rings. The number of ketones is 1. The van der Waals surface area contributed by atoms with E-state index in [1.165, 1.54) is 30.6 Å². The molecule has 0 saturated carbocycles. The molecule has 28 heavy (non-hydrogen) atoms. The predicted molar refractivity (Wildman–Crippen MR) is 98.1 cm³/mol. The predicted octanol–water partition coefficient (Wildman–Crippen LogP) is 4.33. The summed E-state index contributed by atoms with van der Waals surface area (Å²) in [7, 11) is 0. The Morgan fingerprint density at radius 3 is 2.64 bits per heavy atom. The summed E-state index contributed by atoms with van der Waals surface area (Å²) in [5.74, 6) is -3.65. The normalized spacial score (nSPS) is 10.4. The monoisotopic (exact) mass is 400 g/mol. The van der Waals surface area contributed by atoms with Crippen molar-refractivity contribution in [2.24, 2.45) is 0 Å². The van der Waals surface area contributed by atoms with Crippen LogP contribution in [0.5, 0.6) is 0 Å². The Labute approximate surface area is 162 Å². The number of nitriles is 1. The SMILES string of the molecule is CC(=O)c1c(NC(=O)c2cc(C#N)ccc2Cl)cc(F)c(-c2cn[nH]c2)c1F. The zero-order valence-corrected chi connectivity index (χ0v) is 15.1. The maximum atomic E-state index is 14.9. The number of aromatic nitrogens is 2. The Morgan fingerprint density at radius 2 is 2.04 bits per heavy atom. The first kappa shape index (κ1) is 19.2. The van der Waals surface area contributed by atoms with Crippen LogP contribution < -0.4 is 5.32 Å². The lowest BCUT2D eigenvalue weighted by Crippen LogP contribution is -2.17. The van der Waals surface area contributed by atoms with Crippen LogP contribution in [-0.2, 0) is 0 Å². The lowest BCUT2D eigenvalue weighted by molar-refractivity contribution is 0.101. The summed E-state index contributed by atoms with van der Waals surface area (Å²) in [6.07, 6.45) is 2.48. The molecular weight excluding hydrogens is 390 g/mol. The van der Waals surface area contributed by atoms with Crippen molar-refractivity contribution in [3.63, 3.8) is 0 Å². The molecule has 3 rings (SSSR count). The number of H-pyrrole nitrogens is 1. The second-order valence-electron chi connectivity index (χ2n) is 5.77. The molecule has 0 aliphatic rings. The minimum Gasteiger partial charge on any atom is -0.321 e. The molecule has 140 valence electrons. The number of anilines is 1. The average Bonchev–Trinajstić information content (AvgIpc) is 3.15. The molecule has 0 atom stereocenters. The first-order valence-corrected chi connectivity index (χ1v) is 8.24. The Kier molecular flexibility index (Phi) is 5.20. The molecule has 0 saturated heterocycles. The molecule has 0 aliphatic heterocycles. The van der Waals surface area contributed by atoms with Crippen LogP contribution in [0.25, 0.3) is 11.1 Å². The van der Waals surface area contributed by atoms with E-state index in [0.29, 0.717) is 0 Å². The van der Waals surface area contributed by atoms with Gasteiger partial charge >= 0.3 is 0 Å². The topological polar surface area (TPSA) is 98.6 Å². The fourth-order valence-corrected chi connectivity index (χ4v) is 2.88. The highest BCUT2D eigenvalue weighted by Gasteiger charge is 2.24. The zero-order chi connectivity index (χ0) is 20.4. The molecule has 2 aromatic carbocycles. The lowest BCUT2D eigenvalue weighted by Gasteiger charge is -2.14. The first-order chi connectivity index (χ1) is 13.3. The van der Waals surface area contributed by atoms with E-state index < -0.39 is 34.5 Å². The number of benzene rings is 2. The van der Waals surface area contributed by atoms with Gasteiger partial charge in [-0.3, -0.25) is 14.7 Å². The summed E-state index contributed by atoms with van der Waals surface area (Å²) >= 11 is 5.98. The Hall–Kier alpha value is -3.57. The van der Waals surface area contributed by atoms with Crippen LogP contribution in [0.4, 0.5) is 14.5 Å². The van der Waals surface area contributed by atoms with Crippen LogP contribution >= 0.6 is 11.6 Å². The van der Waals surface area contributed by atoms with Gasteiger partial charge in [0.2, 0.25) is 0 Å². The summed E-state index contributed by atoms with van der Waals surface area (Å²) in [6, 6.07) is 6.71. The van der Waals surface area contributed by atoms with Gasteiger partial charge in [-0.15, -0.1) is 0 Å². The van der Waals surface area contributed by atoms with Crippen molar-refractivity contribution in [3.8, 4) is 17.2 Å². The van der Waals surface area contributed by atoms with Crippen LogP contribution in [0.3, 0.4) is 0 Å². The lowest BCUT2D eigenvalue weighted by atomic mass is 9.99. The number of carbonyl (C=O) groups excluding carboxylic acids is 2. The molecular formula is C19H11ClF2N4O2. The molecule has 0 radical (unpaired) electrons. The van der Waals surface area contributed by atoms with E-state index >= 15 is 0 Å². The molecule has 0 bridgehead atoms. The Bertz CT molecular complexity index is 1140.